The molecule has 2 N–H and O–H groups in total. The van der Waals surface area contributed by atoms with Crippen LogP contribution in [0, 0.1) is 11.2 Å². The summed E-state index contributed by atoms with van der Waals surface area (Å²) in [6.45, 7) is 7.88. The Morgan fingerprint density at radius 1 is 1.39 bits per heavy atom. The highest BCUT2D eigenvalue weighted by molar-refractivity contribution is 5.20. The molecular formula is C15H25FN2. The van der Waals surface area contributed by atoms with Crippen molar-refractivity contribution in [1.29, 1.82) is 0 Å². The number of rotatable bonds is 6. The van der Waals surface area contributed by atoms with Crippen LogP contribution in [0.3, 0.4) is 0 Å². The summed E-state index contributed by atoms with van der Waals surface area (Å²) < 4.78 is 13.7. The van der Waals surface area contributed by atoms with Crippen molar-refractivity contribution in [2.75, 3.05) is 20.1 Å². The highest BCUT2D eigenvalue weighted by Gasteiger charge is 2.25. The Morgan fingerprint density at radius 3 is 2.50 bits per heavy atom. The second kappa shape index (κ2) is 6.30. The van der Waals surface area contributed by atoms with E-state index >= 15 is 0 Å². The molecule has 0 amide bonds. The maximum Gasteiger partial charge on any atom is 0.127 e. The van der Waals surface area contributed by atoms with Gasteiger partial charge in [0.25, 0.3) is 0 Å². The van der Waals surface area contributed by atoms with Gasteiger partial charge in [0, 0.05) is 18.2 Å². The monoisotopic (exact) mass is 252 g/mol. The summed E-state index contributed by atoms with van der Waals surface area (Å²) in [5.74, 6) is -0.136. The fraction of sp³-hybridized carbons (Fsp3) is 0.600. The highest BCUT2D eigenvalue weighted by atomic mass is 19.1. The summed E-state index contributed by atoms with van der Waals surface area (Å²) in [7, 11) is 2.03. The number of benzene rings is 1. The van der Waals surface area contributed by atoms with E-state index < -0.39 is 0 Å². The van der Waals surface area contributed by atoms with Gasteiger partial charge in [0.1, 0.15) is 5.82 Å². The Bertz CT molecular complexity index is 375. The molecule has 0 aliphatic rings. The Morgan fingerprint density at radius 2 is 2.00 bits per heavy atom. The summed E-state index contributed by atoms with van der Waals surface area (Å²) >= 11 is 0. The van der Waals surface area contributed by atoms with E-state index in [-0.39, 0.29) is 17.3 Å². The third-order valence-electron chi connectivity index (χ3n) is 3.99. The molecule has 1 aromatic carbocycles. The molecule has 2 nitrogen and oxygen atoms in total. The molecule has 0 fully saturated rings. The van der Waals surface area contributed by atoms with Crippen LogP contribution in [0.4, 0.5) is 4.39 Å². The first-order valence-corrected chi connectivity index (χ1v) is 6.58. The van der Waals surface area contributed by atoms with Crippen LogP contribution in [0.2, 0.25) is 0 Å². The summed E-state index contributed by atoms with van der Waals surface area (Å²) in [4.78, 5) is 2.18. The molecule has 2 unspecified atom stereocenters. The van der Waals surface area contributed by atoms with Crippen LogP contribution in [0.5, 0.6) is 0 Å². The molecule has 1 rings (SSSR count). The van der Waals surface area contributed by atoms with Crippen LogP contribution in [-0.4, -0.2) is 25.0 Å². The van der Waals surface area contributed by atoms with E-state index in [1.807, 2.05) is 26.1 Å². The van der Waals surface area contributed by atoms with Crippen molar-refractivity contribution in [1.82, 2.24) is 4.90 Å². The second-order valence-electron chi connectivity index (χ2n) is 5.48. The molecule has 0 saturated carbocycles. The summed E-state index contributed by atoms with van der Waals surface area (Å²) in [5.41, 5.74) is 6.67. The third kappa shape index (κ3) is 3.53. The zero-order chi connectivity index (χ0) is 13.8. The quantitative estimate of drug-likeness (QED) is 0.842. The van der Waals surface area contributed by atoms with E-state index in [4.69, 9.17) is 5.73 Å². The molecule has 0 aromatic heterocycles. The molecular weight excluding hydrogens is 227 g/mol. The first-order chi connectivity index (χ1) is 8.43. The molecule has 102 valence electrons. The Balaban J connectivity index is 2.79. The molecule has 0 aliphatic carbocycles. The number of nitrogens with zero attached hydrogens (tertiary/aromatic N) is 1. The number of nitrogens with two attached hydrogens (primary N) is 1. The van der Waals surface area contributed by atoms with Gasteiger partial charge >= 0.3 is 0 Å². The van der Waals surface area contributed by atoms with Crippen LogP contribution < -0.4 is 5.73 Å². The van der Waals surface area contributed by atoms with E-state index in [1.165, 1.54) is 6.07 Å². The lowest BCUT2D eigenvalue weighted by molar-refractivity contribution is 0.154. The fourth-order valence-corrected chi connectivity index (χ4v) is 2.11. The van der Waals surface area contributed by atoms with Gasteiger partial charge in [-0.2, -0.15) is 0 Å². The van der Waals surface area contributed by atoms with Gasteiger partial charge in [0.15, 0.2) is 0 Å². The van der Waals surface area contributed by atoms with Crippen LogP contribution >= 0.6 is 0 Å². The van der Waals surface area contributed by atoms with Crippen molar-refractivity contribution >= 4 is 0 Å². The molecule has 0 heterocycles. The normalized spacial score (nSPS) is 16.6. The van der Waals surface area contributed by atoms with Crippen LogP contribution in [0.25, 0.3) is 0 Å². The highest BCUT2D eigenvalue weighted by Crippen LogP contribution is 2.27. The number of halogens is 1. The molecule has 1 aromatic rings. The van der Waals surface area contributed by atoms with Gasteiger partial charge in [0.2, 0.25) is 0 Å². The average molecular weight is 252 g/mol. The van der Waals surface area contributed by atoms with Gasteiger partial charge < -0.3 is 5.73 Å². The minimum Gasteiger partial charge on any atom is -0.330 e. The van der Waals surface area contributed by atoms with Gasteiger partial charge in [0.05, 0.1) is 0 Å². The molecule has 3 heteroatoms. The van der Waals surface area contributed by atoms with E-state index in [2.05, 4.69) is 18.7 Å². The number of hydrogen-bond acceptors (Lipinski definition) is 2. The lowest BCUT2D eigenvalue weighted by Crippen LogP contribution is -2.39. The van der Waals surface area contributed by atoms with Crippen LogP contribution in [0.1, 0.15) is 38.8 Å². The molecule has 0 radical (unpaired) electrons. The van der Waals surface area contributed by atoms with Crippen molar-refractivity contribution in [3.63, 3.8) is 0 Å². The van der Waals surface area contributed by atoms with Crippen molar-refractivity contribution in [2.24, 2.45) is 11.1 Å². The third-order valence-corrected chi connectivity index (χ3v) is 3.99. The topological polar surface area (TPSA) is 29.3 Å². The standard InChI is InChI=1S/C15H25FN2/c1-5-15(3,10-17)11-18(4)12(2)13-8-6-7-9-14(13)16/h6-9,12H,5,10-11,17H2,1-4H3. The molecule has 2 atom stereocenters. The van der Waals surface area contributed by atoms with E-state index in [0.29, 0.717) is 6.54 Å². The van der Waals surface area contributed by atoms with Crippen molar-refractivity contribution in [2.45, 2.75) is 33.2 Å². The summed E-state index contributed by atoms with van der Waals surface area (Å²) in [6, 6.07) is 7.03. The summed E-state index contributed by atoms with van der Waals surface area (Å²) in [6.07, 6.45) is 1.03. The Labute approximate surface area is 110 Å². The first kappa shape index (κ1) is 15.1. The first-order valence-electron chi connectivity index (χ1n) is 6.58. The van der Waals surface area contributed by atoms with Crippen LogP contribution in [-0.2, 0) is 0 Å². The molecule has 0 spiro atoms. The van der Waals surface area contributed by atoms with Crippen LogP contribution in [0.15, 0.2) is 24.3 Å². The second-order valence-corrected chi connectivity index (χ2v) is 5.48. The van der Waals surface area contributed by atoms with E-state index in [1.54, 1.807) is 6.07 Å². The Hall–Kier alpha value is -0.930. The van der Waals surface area contributed by atoms with E-state index in [0.717, 1.165) is 18.5 Å². The average Bonchev–Trinajstić information content (AvgIpc) is 2.38. The maximum atomic E-state index is 13.7. The van der Waals surface area contributed by atoms with E-state index in [9.17, 15) is 4.39 Å². The molecule has 0 saturated heterocycles. The predicted octanol–water partition coefficient (Wildman–Crippen LogP) is 3.19. The Kier molecular flexibility index (Phi) is 5.29. The number of hydrogen-bond donors (Lipinski definition) is 1. The predicted molar refractivity (Wildman–Crippen MR) is 74.9 cm³/mol. The van der Waals surface area contributed by atoms with Gasteiger partial charge in [-0.15, -0.1) is 0 Å². The van der Waals surface area contributed by atoms with Crippen molar-refractivity contribution < 1.29 is 4.39 Å². The molecule has 18 heavy (non-hydrogen) atoms. The van der Waals surface area contributed by atoms with Gasteiger partial charge in [-0.3, -0.25) is 4.90 Å². The zero-order valence-electron chi connectivity index (χ0n) is 11.9. The molecule has 0 bridgehead atoms. The smallest absolute Gasteiger partial charge is 0.127 e. The zero-order valence-corrected chi connectivity index (χ0v) is 11.9. The molecule has 0 aliphatic heterocycles. The van der Waals surface area contributed by atoms with Gasteiger partial charge in [-0.05, 0) is 38.4 Å². The minimum absolute atomic E-state index is 0.0589. The lowest BCUT2D eigenvalue weighted by atomic mass is 9.86. The largest absolute Gasteiger partial charge is 0.330 e. The maximum absolute atomic E-state index is 13.7. The lowest BCUT2D eigenvalue weighted by Gasteiger charge is -2.35. The van der Waals surface area contributed by atoms with Gasteiger partial charge in [-0.1, -0.05) is 32.0 Å². The minimum atomic E-state index is -0.136. The van der Waals surface area contributed by atoms with Crippen molar-refractivity contribution in [3.8, 4) is 0 Å². The summed E-state index contributed by atoms with van der Waals surface area (Å²) in [5, 5.41) is 0. The fourth-order valence-electron chi connectivity index (χ4n) is 2.11. The SMILES string of the molecule is CCC(C)(CN)CN(C)C(C)c1ccccc1F. The van der Waals surface area contributed by atoms with Gasteiger partial charge in [-0.25, -0.2) is 4.39 Å². The van der Waals surface area contributed by atoms with Crippen molar-refractivity contribution in [3.05, 3.63) is 35.6 Å².